The van der Waals surface area contributed by atoms with Gasteiger partial charge in [0.25, 0.3) is 0 Å². The van der Waals surface area contributed by atoms with Crippen molar-refractivity contribution < 1.29 is 4.79 Å². The number of anilines is 1. The number of nitrogens with one attached hydrogen (secondary N) is 2. The van der Waals surface area contributed by atoms with Gasteiger partial charge >= 0.3 is 0 Å². The van der Waals surface area contributed by atoms with Crippen molar-refractivity contribution in [3.8, 4) is 0 Å². The molecule has 1 aromatic carbocycles. The van der Waals surface area contributed by atoms with Gasteiger partial charge in [0.15, 0.2) is 0 Å². The molecule has 0 bridgehead atoms. The van der Waals surface area contributed by atoms with Gasteiger partial charge in [0.1, 0.15) is 0 Å². The molecule has 0 spiro atoms. The molecule has 2 rings (SSSR count). The van der Waals surface area contributed by atoms with Crippen LogP contribution in [0.15, 0.2) is 24.3 Å². The molecule has 2 unspecified atom stereocenters. The number of amides is 1. The highest BCUT2D eigenvalue weighted by Gasteiger charge is 2.24. The summed E-state index contributed by atoms with van der Waals surface area (Å²) in [4.78, 5) is 12.2. The van der Waals surface area contributed by atoms with Crippen LogP contribution in [0.1, 0.15) is 39.2 Å². The molecule has 0 saturated heterocycles. The molecule has 19 heavy (non-hydrogen) atoms. The van der Waals surface area contributed by atoms with Gasteiger partial charge in [-0.25, -0.2) is 0 Å². The third-order valence-electron chi connectivity index (χ3n) is 3.60. The van der Waals surface area contributed by atoms with Gasteiger partial charge in [-0.3, -0.25) is 4.79 Å². The Bertz CT molecular complexity index is 442. The van der Waals surface area contributed by atoms with Gasteiger partial charge in [0, 0.05) is 11.7 Å². The van der Waals surface area contributed by atoms with Crippen molar-refractivity contribution >= 4 is 11.6 Å². The lowest BCUT2D eigenvalue weighted by Gasteiger charge is -2.22. The van der Waals surface area contributed by atoms with Crippen molar-refractivity contribution in [2.45, 2.75) is 52.1 Å². The molecule has 3 nitrogen and oxygen atoms in total. The number of carbonyl (C=O) groups excluding carboxylic acids is 1. The first kappa shape index (κ1) is 14.1. The summed E-state index contributed by atoms with van der Waals surface area (Å²) in [5, 5.41) is 6.49. The fourth-order valence-electron chi connectivity index (χ4n) is 2.79. The molecule has 1 amide bonds. The Morgan fingerprint density at radius 1 is 1.32 bits per heavy atom. The zero-order valence-corrected chi connectivity index (χ0v) is 12.1. The maximum atomic E-state index is 12.2. The molecule has 0 fully saturated rings. The van der Waals surface area contributed by atoms with Crippen molar-refractivity contribution in [1.82, 2.24) is 5.32 Å². The van der Waals surface area contributed by atoms with Gasteiger partial charge < -0.3 is 10.6 Å². The molecule has 0 saturated carbocycles. The van der Waals surface area contributed by atoms with Gasteiger partial charge in [-0.2, -0.15) is 0 Å². The Kier molecular flexibility index (Phi) is 4.59. The van der Waals surface area contributed by atoms with Crippen LogP contribution in [0.25, 0.3) is 0 Å². The molecular formula is C16H24N2O. The predicted octanol–water partition coefficient (Wildman–Crippen LogP) is 2.96. The van der Waals surface area contributed by atoms with E-state index in [4.69, 9.17) is 0 Å². The standard InChI is InChI=1S/C16H24N2O/c1-11(2)10-12(3)17-15-9-8-13-6-4-5-7-14(13)18-16(15)19/h4-7,11-12,15,17H,8-10H2,1-3H3,(H,18,19). The second-order valence-electron chi connectivity index (χ2n) is 5.93. The van der Waals surface area contributed by atoms with E-state index in [-0.39, 0.29) is 11.9 Å². The largest absolute Gasteiger partial charge is 0.324 e. The maximum Gasteiger partial charge on any atom is 0.241 e. The second kappa shape index (κ2) is 6.20. The zero-order valence-electron chi connectivity index (χ0n) is 12.1. The fourth-order valence-corrected chi connectivity index (χ4v) is 2.79. The minimum atomic E-state index is -0.0823. The van der Waals surface area contributed by atoms with Gasteiger partial charge in [-0.05, 0) is 43.7 Å². The van der Waals surface area contributed by atoms with Crippen LogP contribution in [-0.4, -0.2) is 18.0 Å². The number of aryl methyl sites for hydroxylation is 1. The highest BCUT2D eigenvalue weighted by molar-refractivity contribution is 5.96. The number of carbonyl (C=O) groups is 1. The lowest BCUT2D eigenvalue weighted by molar-refractivity contribution is -0.118. The summed E-state index contributed by atoms with van der Waals surface area (Å²) in [7, 11) is 0. The number of rotatable bonds is 4. The average molecular weight is 260 g/mol. The van der Waals surface area contributed by atoms with E-state index in [0.29, 0.717) is 12.0 Å². The smallest absolute Gasteiger partial charge is 0.241 e. The normalized spacial score (nSPS) is 20.6. The number of hydrogen-bond acceptors (Lipinski definition) is 2. The Hall–Kier alpha value is -1.35. The van der Waals surface area contributed by atoms with E-state index in [1.165, 1.54) is 5.56 Å². The first-order valence-electron chi connectivity index (χ1n) is 7.21. The quantitative estimate of drug-likeness (QED) is 0.874. The molecule has 3 heteroatoms. The van der Waals surface area contributed by atoms with Crippen molar-refractivity contribution in [2.75, 3.05) is 5.32 Å². The Labute approximate surface area is 115 Å². The maximum absolute atomic E-state index is 12.2. The summed E-state index contributed by atoms with van der Waals surface area (Å²) < 4.78 is 0. The number of benzene rings is 1. The van der Waals surface area contributed by atoms with Crippen LogP contribution < -0.4 is 10.6 Å². The second-order valence-corrected chi connectivity index (χ2v) is 5.93. The first-order valence-corrected chi connectivity index (χ1v) is 7.21. The monoisotopic (exact) mass is 260 g/mol. The van der Waals surface area contributed by atoms with E-state index in [1.54, 1.807) is 0 Å². The van der Waals surface area contributed by atoms with E-state index in [2.05, 4.69) is 37.5 Å². The molecule has 1 aliphatic rings. The number of fused-ring (bicyclic) bond motifs is 1. The van der Waals surface area contributed by atoms with E-state index < -0.39 is 0 Å². The van der Waals surface area contributed by atoms with Crippen LogP contribution in [0.2, 0.25) is 0 Å². The van der Waals surface area contributed by atoms with Crippen LogP contribution >= 0.6 is 0 Å². The van der Waals surface area contributed by atoms with E-state index in [9.17, 15) is 4.79 Å². The van der Waals surface area contributed by atoms with Crippen LogP contribution in [0.3, 0.4) is 0 Å². The average Bonchev–Trinajstić information content (AvgIpc) is 2.48. The molecule has 1 heterocycles. The minimum absolute atomic E-state index is 0.0823. The van der Waals surface area contributed by atoms with E-state index >= 15 is 0 Å². The van der Waals surface area contributed by atoms with Gasteiger partial charge in [0.2, 0.25) is 5.91 Å². The summed E-state index contributed by atoms with van der Waals surface area (Å²) in [5.74, 6) is 0.745. The topological polar surface area (TPSA) is 41.1 Å². The zero-order chi connectivity index (χ0) is 13.8. The summed E-state index contributed by atoms with van der Waals surface area (Å²) in [6.07, 6.45) is 2.91. The third-order valence-corrected chi connectivity index (χ3v) is 3.60. The van der Waals surface area contributed by atoms with Crippen LogP contribution in [0.4, 0.5) is 5.69 Å². The predicted molar refractivity (Wildman–Crippen MR) is 79.2 cm³/mol. The Balaban J connectivity index is 2.00. The SMILES string of the molecule is CC(C)CC(C)NC1CCc2ccccc2NC1=O. The Morgan fingerprint density at radius 2 is 2.05 bits per heavy atom. The van der Waals surface area contributed by atoms with Gasteiger partial charge in [-0.15, -0.1) is 0 Å². The van der Waals surface area contributed by atoms with E-state index in [0.717, 1.165) is 24.9 Å². The van der Waals surface area contributed by atoms with Crippen LogP contribution in [0.5, 0.6) is 0 Å². The minimum Gasteiger partial charge on any atom is -0.324 e. The number of para-hydroxylation sites is 1. The molecule has 0 aromatic heterocycles. The molecule has 0 aliphatic carbocycles. The number of hydrogen-bond donors (Lipinski definition) is 2. The van der Waals surface area contributed by atoms with Crippen molar-refractivity contribution in [1.29, 1.82) is 0 Å². The first-order chi connectivity index (χ1) is 9.06. The lowest BCUT2D eigenvalue weighted by atomic mass is 10.0. The van der Waals surface area contributed by atoms with Gasteiger partial charge in [0.05, 0.1) is 6.04 Å². The molecular weight excluding hydrogens is 236 g/mol. The highest BCUT2D eigenvalue weighted by Crippen LogP contribution is 2.21. The summed E-state index contributed by atoms with van der Waals surface area (Å²) in [6.45, 7) is 6.58. The molecule has 0 radical (unpaired) electrons. The van der Waals surface area contributed by atoms with Crippen LogP contribution in [0, 0.1) is 5.92 Å². The van der Waals surface area contributed by atoms with Crippen molar-refractivity contribution in [3.05, 3.63) is 29.8 Å². The highest BCUT2D eigenvalue weighted by atomic mass is 16.2. The van der Waals surface area contributed by atoms with Crippen molar-refractivity contribution in [3.63, 3.8) is 0 Å². The Morgan fingerprint density at radius 3 is 2.79 bits per heavy atom. The van der Waals surface area contributed by atoms with Crippen LogP contribution in [-0.2, 0) is 11.2 Å². The summed E-state index contributed by atoms with van der Waals surface area (Å²) >= 11 is 0. The third kappa shape index (κ3) is 3.80. The molecule has 1 aromatic rings. The van der Waals surface area contributed by atoms with Gasteiger partial charge in [-0.1, -0.05) is 32.0 Å². The molecule has 104 valence electrons. The summed E-state index contributed by atoms with van der Waals surface area (Å²) in [6, 6.07) is 8.36. The lowest BCUT2D eigenvalue weighted by Crippen LogP contribution is -2.44. The molecule has 2 atom stereocenters. The summed E-state index contributed by atoms with van der Waals surface area (Å²) in [5.41, 5.74) is 2.20. The van der Waals surface area contributed by atoms with E-state index in [1.807, 2.05) is 18.2 Å². The fraction of sp³-hybridized carbons (Fsp3) is 0.562. The molecule has 2 N–H and O–H groups in total. The van der Waals surface area contributed by atoms with Crippen molar-refractivity contribution in [2.24, 2.45) is 5.92 Å². The molecule has 1 aliphatic heterocycles.